The number of thioether (sulfide) groups is 1. The number of thiazole rings is 1. The second kappa shape index (κ2) is 7.30. The van der Waals surface area contributed by atoms with Crippen molar-refractivity contribution in [3.63, 3.8) is 0 Å². The van der Waals surface area contributed by atoms with Crippen LogP contribution in [0.2, 0.25) is 0 Å². The number of rotatable bonds is 7. The van der Waals surface area contributed by atoms with E-state index in [1.54, 1.807) is 0 Å². The van der Waals surface area contributed by atoms with Crippen molar-refractivity contribution in [1.82, 2.24) is 10.3 Å². The molecule has 0 aliphatic rings. The number of hydrogen-bond donors (Lipinski definition) is 1. The fourth-order valence-electron chi connectivity index (χ4n) is 1.72. The Hall–Kier alpha value is -0.0600. The van der Waals surface area contributed by atoms with E-state index in [-0.39, 0.29) is 0 Å². The van der Waals surface area contributed by atoms with Gasteiger partial charge in [-0.1, -0.05) is 13.8 Å². The van der Waals surface area contributed by atoms with E-state index in [4.69, 9.17) is 4.98 Å². The molecule has 0 bridgehead atoms. The van der Waals surface area contributed by atoms with Crippen LogP contribution in [-0.2, 0) is 6.42 Å². The van der Waals surface area contributed by atoms with E-state index in [1.165, 1.54) is 27.8 Å². The lowest BCUT2D eigenvalue weighted by molar-refractivity contribution is 0.537. The Labute approximate surface area is 107 Å². The quantitative estimate of drug-likeness (QED) is 0.811. The molecule has 0 saturated carbocycles. The van der Waals surface area contributed by atoms with Crippen LogP contribution < -0.4 is 5.32 Å². The van der Waals surface area contributed by atoms with Gasteiger partial charge in [-0.2, -0.15) is 11.8 Å². The molecule has 1 rings (SSSR count). The topological polar surface area (TPSA) is 24.9 Å². The largest absolute Gasteiger partial charge is 0.308 e. The first kappa shape index (κ1) is 14.0. The van der Waals surface area contributed by atoms with Crippen molar-refractivity contribution in [3.05, 3.63) is 15.6 Å². The summed E-state index contributed by atoms with van der Waals surface area (Å²) in [6.45, 7) is 7.53. The summed E-state index contributed by atoms with van der Waals surface area (Å²) < 4.78 is 0. The van der Waals surface area contributed by atoms with E-state index in [1.807, 2.05) is 23.1 Å². The van der Waals surface area contributed by atoms with Crippen LogP contribution in [0.25, 0.3) is 0 Å². The highest BCUT2D eigenvalue weighted by Crippen LogP contribution is 2.26. The van der Waals surface area contributed by atoms with Gasteiger partial charge in [-0.25, -0.2) is 4.98 Å². The molecular formula is C12H22N2S2. The van der Waals surface area contributed by atoms with Crippen LogP contribution in [0.1, 0.15) is 41.9 Å². The van der Waals surface area contributed by atoms with Crippen molar-refractivity contribution in [1.29, 1.82) is 0 Å². The van der Waals surface area contributed by atoms with Crippen LogP contribution in [0, 0.1) is 6.92 Å². The minimum absolute atomic E-state index is 0.446. The molecule has 0 aliphatic carbocycles. The summed E-state index contributed by atoms with van der Waals surface area (Å²) in [6.07, 6.45) is 4.38. The summed E-state index contributed by atoms with van der Waals surface area (Å²) in [5.74, 6) is 1.19. The van der Waals surface area contributed by atoms with Gasteiger partial charge in [0.25, 0.3) is 0 Å². The molecule has 0 spiro atoms. The predicted molar refractivity (Wildman–Crippen MR) is 75.6 cm³/mol. The summed E-state index contributed by atoms with van der Waals surface area (Å²) in [7, 11) is 0. The Kier molecular flexibility index (Phi) is 6.39. The number of nitrogens with one attached hydrogen (secondary N) is 1. The van der Waals surface area contributed by atoms with Crippen molar-refractivity contribution in [3.8, 4) is 0 Å². The fraction of sp³-hybridized carbons (Fsp3) is 0.750. The lowest BCUT2D eigenvalue weighted by atomic mass is 10.2. The van der Waals surface area contributed by atoms with E-state index in [2.05, 4.69) is 32.3 Å². The summed E-state index contributed by atoms with van der Waals surface area (Å²) in [5.41, 5.74) is 1.27. The molecule has 1 heterocycles. The normalized spacial score (nSPS) is 13.0. The Morgan fingerprint density at radius 1 is 1.44 bits per heavy atom. The Bertz CT molecular complexity index is 310. The zero-order valence-electron chi connectivity index (χ0n) is 10.7. The molecule has 0 aromatic carbocycles. The monoisotopic (exact) mass is 258 g/mol. The molecule has 0 saturated heterocycles. The summed E-state index contributed by atoms with van der Waals surface area (Å²) in [6, 6.07) is 0.446. The van der Waals surface area contributed by atoms with Gasteiger partial charge in [-0.15, -0.1) is 11.3 Å². The van der Waals surface area contributed by atoms with Crippen LogP contribution >= 0.6 is 23.1 Å². The minimum Gasteiger partial charge on any atom is -0.308 e. The van der Waals surface area contributed by atoms with Gasteiger partial charge in [0.15, 0.2) is 0 Å². The first-order chi connectivity index (χ1) is 7.72. The summed E-state index contributed by atoms with van der Waals surface area (Å²) in [5, 5.41) is 4.80. The standard InChI is InChI=1S/C12H22N2S2/c1-5-10-9(3)16-12(14-10)11(13-6-2)7-8-15-4/h11,13H,5-8H2,1-4H3. The molecule has 1 atom stereocenters. The molecule has 4 heteroatoms. The molecule has 1 aromatic rings. The lowest BCUT2D eigenvalue weighted by Gasteiger charge is -2.14. The fourth-order valence-corrected chi connectivity index (χ4v) is 3.31. The highest BCUT2D eigenvalue weighted by atomic mass is 32.2. The van der Waals surface area contributed by atoms with E-state index in [9.17, 15) is 0 Å². The van der Waals surface area contributed by atoms with Gasteiger partial charge in [0.1, 0.15) is 5.01 Å². The van der Waals surface area contributed by atoms with Crippen molar-refractivity contribution < 1.29 is 0 Å². The second-order valence-electron chi connectivity index (χ2n) is 3.80. The maximum Gasteiger partial charge on any atom is 0.110 e. The molecule has 0 fully saturated rings. The third-order valence-corrected chi connectivity index (χ3v) is 4.37. The average Bonchev–Trinajstić information content (AvgIpc) is 2.65. The third-order valence-electron chi connectivity index (χ3n) is 2.60. The Morgan fingerprint density at radius 3 is 2.69 bits per heavy atom. The number of aryl methyl sites for hydroxylation is 2. The summed E-state index contributed by atoms with van der Waals surface area (Å²) in [4.78, 5) is 6.13. The van der Waals surface area contributed by atoms with Gasteiger partial charge >= 0.3 is 0 Å². The molecule has 1 unspecified atom stereocenters. The highest BCUT2D eigenvalue weighted by Gasteiger charge is 2.15. The molecule has 0 radical (unpaired) electrons. The van der Waals surface area contributed by atoms with Gasteiger partial charge < -0.3 is 5.32 Å². The van der Waals surface area contributed by atoms with Crippen LogP contribution in [0.5, 0.6) is 0 Å². The lowest BCUT2D eigenvalue weighted by Crippen LogP contribution is -2.21. The first-order valence-electron chi connectivity index (χ1n) is 5.91. The van der Waals surface area contributed by atoms with Gasteiger partial charge in [0.05, 0.1) is 11.7 Å². The van der Waals surface area contributed by atoms with Gasteiger partial charge in [-0.3, -0.25) is 0 Å². The molecule has 0 amide bonds. The minimum atomic E-state index is 0.446. The van der Waals surface area contributed by atoms with Crippen molar-refractivity contribution >= 4 is 23.1 Å². The molecule has 0 aliphatic heterocycles. The van der Waals surface area contributed by atoms with Crippen LogP contribution in [0.4, 0.5) is 0 Å². The summed E-state index contributed by atoms with van der Waals surface area (Å²) >= 11 is 3.76. The SMILES string of the molecule is CCNC(CCSC)c1nc(CC)c(C)s1. The van der Waals surface area contributed by atoms with Crippen molar-refractivity contribution in [2.75, 3.05) is 18.6 Å². The smallest absolute Gasteiger partial charge is 0.110 e. The van der Waals surface area contributed by atoms with Gasteiger partial charge in [0.2, 0.25) is 0 Å². The van der Waals surface area contributed by atoms with E-state index < -0.39 is 0 Å². The molecule has 16 heavy (non-hydrogen) atoms. The Balaban J connectivity index is 2.74. The Morgan fingerprint density at radius 2 is 2.19 bits per heavy atom. The zero-order valence-corrected chi connectivity index (χ0v) is 12.3. The predicted octanol–water partition coefficient (Wildman–Crippen LogP) is 3.42. The van der Waals surface area contributed by atoms with Crippen LogP contribution in [0.15, 0.2) is 0 Å². The van der Waals surface area contributed by atoms with E-state index in [0.29, 0.717) is 6.04 Å². The third kappa shape index (κ3) is 3.75. The maximum atomic E-state index is 4.75. The molecule has 92 valence electrons. The van der Waals surface area contributed by atoms with E-state index >= 15 is 0 Å². The van der Waals surface area contributed by atoms with E-state index in [0.717, 1.165) is 13.0 Å². The van der Waals surface area contributed by atoms with Crippen LogP contribution in [-0.4, -0.2) is 23.5 Å². The van der Waals surface area contributed by atoms with Gasteiger partial charge in [-0.05, 0) is 38.3 Å². The van der Waals surface area contributed by atoms with Crippen molar-refractivity contribution in [2.24, 2.45) is 0 Å². The number of aromatic nitrogens is 1. The maximum absolute atomic E-state index is 4.75. The van der Waals surface area contributed by atoms with Crippen LogP contribution in [0.3, 0.4) is 0 Å². The number of hydrogen-bond acceptors (Lipinski definition) is 4. The highest BCUT2D eigenvalue weighted by molar-refractivity contribution is 7.98. The number of nitrogens with zero attached hydrogens (tertiary/aromatic N) is 1. The second-order valence-corrected chi connectivity index (χ2v) is 6.02. The molecule has 2 nitrogen and oxygen atoms in total. The molecule has 1 N–H and O–H groups in total. The molecule has 1 aromatic heterocycles. The first-order valence-corrected chi connectivity index (χ1v) is 8.12. The van der Waals surface area contributed by atoms with Gasteiger partial charge in [0, 0.05) is 4.88 Å². The van der Waals surface area contributed by atoms with Crippen molar-refractivity contribution in [2.45, 2.75) is 39.7 Å². The zero-order chi connectivity index (χ0) is 12.0. The molecular weight excluding hydrogens is 236 g/mol. The average molecular weight is 258 g/mol.